The van der Waals surface area contributed by atoms with Gasteiger partial charge in [-0.1, -0.05) is 12.8 Å². The van der Waals surface area contributed by atoms with Crippen LogP contribution >= 0.6 is 0 Å². The third kappa shape index (κ3) is 4.61. The van der Waals surface area contributed by atoms with Crippen LogP contribution in [0.15, 0.2) is 23.0 Å². The zero-order valence-corrected chi connectivity index (χ0v) is 20.8. The molecule has 2 fully saturated rings. The fourth-order valence-electron chi connectivity index (χ4n) is 5.64. The maximum atomic E-state index is 13.5. The Bertz CT molecular complexity index is 1270. The number of nitrogens with zero attached hydrogens (tertiary/aromatic N) is 5. The molecule has 5 rings (SSSR count). The number of piperidine rings is 1. The molecule has 186 valence electrons. The highest BCUT2D eigenvalue weighted by Crippen LogP contribution is 2.35. The van der Waals surface area contributed by atoms with Crippen LogP contribution in [-0.4, -0.2) is 55.8 Å². The lowest BCUT2D eigenvalue weighted by atomic mass is 9.93. The number of rotatable bonds is 6. The van der Waals surface area contributed by atoms with E-state index in [1.807, 2.05) is 30.7 Å². The number of carbonyl (C=O) groups excluding carboxylic acids is 1. The van der Waals surface area contributed by atoms with Crippen LogP contribution in [0.4, 0.5) is 0 Å². The molecule has 0 unspecified atom stereocenters. The van der Waals surface area contributed by atoms with Gasteiger partial charge in [0.25, 0.3) is 5.56 Å². The fourth-order valence-corrected chi connectivity index (χ4v) is 5.64. The van der Waals surface area contributed by atoms with Crippen molar-refractivity contribution in [2.24, 2.45) is 5.92 Å². The molecule has 2 aliphatic rings. The van der Waals surface area contributed by atoms with Crippen molar-refractivity contribution in [3.05, 3.63) is 51.1 Å². The van der Waals surface area contributed by atoms with Crippen LogP contribution < -0.4 is 5.56 Å². The summed E-state index contributed by atoms with van der Waals surface area (Å²) in [5.41, 5.74) is 3.67. The van der Waals surface area contributed by atoms with E-state index in [-0.39, 0.29) is 29.5 Å². The van der Waals surface area contributed by atoms with Crippen LogP contribution in [0.2, 0.25) is 0 Å². The first kappa shape index (κ1) is 23.7. The number of tetrazole rings is 1. The average Bonchev–Trinajstić information content (AvgIpc) is 3.54. The monoisotopic (exact) mass is 478 g/mol. The second-order valence-electron chi connectivity index (χ2n) is 9.96. The maximum absolute atomic E-state index is 13.5. The van der Waals surface area contributed by atoms with E-state index in [9.17, 15) is 9.59 Å². The smallest absolute Gasteiger partial charge is 0.309 e. The first-order valence-corrected chi connectivity index (χ1v) is 12.8. The van der Waals surface area contributed by atoms with Crippen molar-refractivity contribution in [2.75, 3.05) is 19.7 Å². The van der Waals surface area contributed by atoms with E-state index in [1.165, 1.54) is 5.56 Å². The number of aromatic nitrogens is 5. The molecule has 2 aromatic heterocycles. The highest BCUT2D eigenvalue weighted by Gasteiger charge is 2.36. The molecule has 1 N–H and O–H groups in total. The van der Waals surface area contributed by atoms with Crippen LogP contribution in [0.3, 0.4) is 0 Å². The molecule has 0 bridgehead atoms. The highest BCUT2D eigenvalue weighted by molar-refractivity contribution is 5.81. The first-order valence-electron chi connectivity index (χ1n) is 12.8. The number of aromatic amines is 1. The fraction of sp³-hybridized carbons (Fsp3) is 0.577. The van der Waals surface area contributed by atoms with Gasteiger partial charge >= 0.3 is 5.97 Å². The van der Waals surface area contributed by atoms with Gasteiger partial charge in [0.2, 0.25) is 0 Å². The SMILES string of the molecule is CCOC(=O)C1CCN([C@H](c2cc3cc(C)c(C)cc3[nH]c2=O)c2nnnn2C2CCCC2)CC1. The Morgan fingerprint density at radius 2 is 1.83 bits per heavy atom. The molecule has 3 heterocycles. The lowest BCUT2D eigenvalue weighted by Gasteiger charge is -2.36. The number of pyridine rings is 1. The van der Waals surface area contributed by atoms with Crippen LogP contribution in [0.5, 0.6) is 0 Å². The predicted octanol–water partition coefficient (Wildman–Crippen LogP) is 3.61. The summed E-state index contributed by atoms with van der Waals surface area (Å²) < 4.78 is 7.20. The molecule has 1 aromatic carbocycles. The van der Waals surface area contributed by atoms with Crippen molar-refractivity contribution in [2.45, 2.75) is 71.4 Å². The van der Waals surface area contributed by atoms with Crippen LogP contribution in [-0.2, 0) is 9.53 Å². The molecule has 1 saturated heterocycles. The largest absolute Gasteiger partial charge is 0.466 e. The van der Waals surface area contributed by atoms with Crippen molar-refractivity contribution in [1.29, 1.82) is 0 Å². The number of H-pyrrole nitrogens is 1. The van der Waals surface area contributed by atoms with Gasteiger partial charge in [0.1, 0.15) is 6.04 Å². The summed E-state index contributed by atoms with van der Waals surface area (Å²) in [5, 5.41) is 13.9. The Balaban J connectivity index is 1.56. The second kappa shape index (κ2) is 9.89. The molecule has 1 atom stereocenters. The molecule has 0 amide bonds. The Morgan fingerprint density at radius 3 is 2.54 bits per heavy atom. The van der Waals surface area contributed by atoms with E-state index < -0.39 is 0 Å². The van der Waals surface area contributed by atoms with Crippen molar-refractivity contribution in [1.82, 2.24) is 30.1 Å². The minimum absolute atomic E-state index is 0.113. The number of carbonyl (C=O) groups is 1. The summed E-state index contributed by atoms with van der Waals surface area (Å²) in [6.45, 7) is 7.68. The van der Waals surface area contributed by atoms with Crippen molar-refractivity contribution in [3.63, 3.8) is 0 Å². The van der Waals surface area contributed by atoms with Gasteiger partial charge in [-0.25, -0.2) is 4.68 Å². The van der Waals surface area contributed by atoms with Crippen LogP contribution in [0.1, 0.15) is 80.0 Å². The van der Waals surface area contributed by atoms with Crippen LogP contribution in [0.25, 0.3) is 10.9 Å². The van der Waals surface area contributed by atoms with Gasteiger partial charge in [-0.15, -0.1) is 5.10 Å². The number of fused-ring (bicyclic) bond motifs is 1. The van der Waals surface area contributed by atoms with E-state index >= 15 is 0 Å². The summed E-state index contributed by atoms with van der Waals surface area (Å²) >= 11 is 0. The van der Waals surface area contributed by atoms with Gasteiger partial charge in [-0.2, -0.15) is 0 Å². The van der Waals surface area contributed by atoms with E-state index in [1.54, 1.807) is 0 Å². The number of aryl methyl sites for hydroxylation is 2. The van der Waals surface area contributed by atoms with Gasteiger partial charge in [0.05, 0.1) is 18.6 Å². The van der Waals surface area contributed by atoms with Crippen molar-refractivity contribution >= 4 is 16.9 Å². The minimum atomic E-state index is -0.386. The third-order valence-corrected chi connectivity index (χ3v) is 7.73. The number of likely N-dealkylation sites (tertiary alicyclic amines) is 1. The standard InChI is InChI=1S/C26H34N6O3/c1-4-35-26(34)18-9-11-31(12-10-18)23(24-28-29-30-32(24)20-7-5-6-8-20)21-15-19-13-16(2)17(3)14-22(19)27-25(21)33/h13-15,18,20,23H,4-12H2,1-3H3,(H,27,33)/t23-/m1/s1. The number of hydrogen-bond donors (Lipinski definition) is 1. The second-order valence-corrected chi connectivity index (χ2v) is 9.96. The Hall–Kier alpha value is -3.07. The summed E-state index contributed by atoms with van der Waals surface area (Å²) in [4.78, 5) is 31.2. The van der Waals surface area contributed by atoms with Crippen LogP contribution in [0, 0.1) is 19.8 Å². The summed E-state index contributed by atoms with van der Waals surface area (Å²) in [6, 6.07) is 6.01. The minimum Gasteiger partial charge on any atom is -0.466 e. The van der Waals surface area contributed by atoms with E-state index in [2.05, 4.69) is 38.4 Å². The maximum Gasteiger partial charge on any atom is 0.309 e. The molecule has 0 radical (unpaired) electrons. The van der Waals surface area contributed by atoms with Gasteiger partial charge < -0.3 is 9.72 Å². The van der Waals surface area contributed by atoms with Gasteiger partial charge in [0.15, 0.2) is 5.82 Å². The average molecular weight is 479 g/mol. The Morgan fingerprint density at radius 1 is 1.11 bits per heavy atom. The number of nitrogens with one attached hydrogen (secondary N) is 1. The first-order chi connectivity index (χ1) is 17.0. The van der Waals surface area contributed by atoms with Crippen molar-refractivity contribution in [3.8, 4) is 0 Å². The summed E-state index contributed by atoms with van der Waals surface area (Å²) in [7, 11) is 0. The third-order valence-electron chi connectivity index (χ3n) is 7.73. The number of hydrogen-bond acceptors (Lipinski definition) is 7. The Labute approximate surface area is 204 Å². The number of benzene rings is 1. The molecule has 1 aliphatic carbocycles. The zero-order chi connectivity index (χ0) is 24.5. The summed E-state index contributed by atoms with van der Waals surface area (Å²) in [6.07, 6.45) is 5.78. The molecule has 9 nitrogen and oxygen atoms in total. The highest BCUT2D eigenvalue weighted by atomic mass is 16.5. The molecular weight excluding hydrogens is 444 g/mol. The number of ether oxygens (including phenoxy) is 1. The molecule has 1 saturated carbocycles. The summed E-state index contributed by atoms with van der Waals surface area (Å²) in [5.74, 6) is 0.465. The normalized spacial score (nSPS) is 18.8. The Kier molecular flexibility index (Phi) is 6.69. The van der Waals surface area contributed by atoms with Gasteiger partial charge in [-0.05, 0) is 91.6 Å². The van der Waals surface area contributed by atoms with E-state index in [0.717, 1.165) is 42.1 Å². The molecule has 1 aliphatic heterocycles. The van der Waals surface area contributed by atoms with E-state index in [0.29, 0.717) is 43.9 Å². The molecule has 9 heteroatoms. The van der Waals surface area contributed by atoms with Crippen molar-refractivity contribution < 1.29 is 9.53 Å². The lowest BCUT2D eigenvalue weighted by molar-refractivity contribution is -0.149. The zero-order valence-electron chi connectivity index (χ0n) is 20.8. The molecule has 35 heavy (non-hydrogen) atoms. The quantitative estimate of drug-likeness (QED) is 0.540. The topological polar surface area (TPSA) is 106 Å². The molecular formula is C26H34N6O3. The van der Waals surface area contributed by atoms with Gasteiger partial charge in [0, 0.05) is 24.2 Å². The van der Waals surface area contributed by atoms with E-state index in [4.69, 9.17) is 4.74 Å². The van der Waals surface area contributed by atoms with Gasteiger partial charge in [-0.3, -0.25) is 14.5 Å². The lowest BCUT2D eigenvalue weighted by Crippen LogP contribution is -2.42. The molecule has 3 aromatic rings. The number of esters is 1. The molecule has 0 spiro atoms. The predicted molar refractivity (Wildman–Crippen MR) is 132 cm³/mol.